The number of amides is 2. The molecule has 0 unspecified atom stereocenters. The average Bonchev–Trinajstić information content (AvgIpc) is 3.39. The number of nitrogens with zero attached hydrogens (tertiary/aromatic N) is 1. The molecule has 0 saturated heterocycles. The van der Waals surface area contributed by atoms with E-state index in [4.69, 9.17) is 17.3 Å². The largest absolute Gasteiger partial charge is 0.366 e. The lowest BCUT2D eigenvalue weighted by atomic mass is 10.1. The molecule has 124 valence electrons. The standard InChI is InChI=1S/C18H16BrClN2O2/c19-13-5-8-16(20)15(9-13)18(24)22(14-6-7-14)10-11-1-3-12(4-2-11)17(21)23/h1-5,8-9,14H,6-7,10H2,(H2,21,23). The fourth-order valence-corrected chi connectivity index (χ4v) is 3.10. The van der Waals surface area contributed by atoms with Gasteiger partial charge in [-0.1, -0.05) is 39.7 Å². The molecule has 1 aliphatic carbocycles. The van der Waals surface area contributed by atoms with Gasteiger partial charge in [0.05, 0.1) is 10.6 Å². The van der Waals surface area contributed by atoms with Crippen molar-refractivity contribution in [2.45, 2.75) is 25.4 Å². The van der Waals surface area contributed by atoms with Crippen LogP contribution in [0.3, 0.4) is 0 Å². The average molecular weight is 408 g/mol. The van der Waals surface area contributed by atoms with Gasteiger partial charge in [0.2, 0.25) is 5.91 Å². The van der Waals surface area contributed by atoms with Crippen LogP contribution in [0.15, 0.2) is 46.9 Å². The summed E-state index contributed by atoms with van der Waals surface area (Å²) >= 11 is 9.58. The zero-order valence-electron chi connectivity index (χ0n) is 12.8. The summed E-state index contributed by atoms with van der Waals surface area (Å²) in [5.41, 5.74) is 7.15. The van der Waals surface area contributed by atoms with E-state index in [1.165, 1.54) is 0 Å². The summed E-state index contributed by atoms with van der Waals surface area (Å²) in [5, 5.41) is 0.443. The number of halogens is 2. The molecule has 24 heavy (non-hydrogen) atoms. The highest BCUT2D eigenvalue weighted by atomic mass is 79.9. The van der Waals surface area contributed by atoms with E-state index in [1.807, 2.05) is 23.1 Å². The lowest BCUT2D eigenvalue weighted by Gasteiger charge is -2.23. The van der Waals surface area contributed by atoms with Crippen LogP contribution in [0.2, 0.25) is 5.02 Å². The Kier molecular flexibility index (Phi) is 4.92. The number of benzene rings is 2. The van der Waals surface area contributed by atoms with Crippen molar-refractivity contribution in [1.29, 1.82) is 0 Å². The number of hydrogen-bond donors (Lipinski definition) is 1. The van der Waals surface area contributed by atoms with Crippen molar-refractivity contribution in [2.24, 2.45) is 5.73 Å². The molecule has 0 bridgehead atoms. The molecule has 1 aliphatic rings. The maximum atomic E-state index is 12.9. The molecule has 2 amide bonds. The maximum absolute atomic E-state index is 12.9. The lowest BCUT2D eigenvalue weighted by molar-refractivity contribution is 0.0729. The molecule has 3 rings (SSSR count). The summed E-state index contributed by atoms with van der Waals surface area (Å²) in [6, 6.07) is 12.5. The third-order valence-corrected chi connectivity index (χ3v) is 4.82. The second-order valence-electron chi connectivity index (χ2n) is 5.85. The van der Waals surface area contributed by atoms with E-state index in [-0.39, 0.29) is 11.9 Å². The van der Waals surface area contributed by atoms with Gasteiger partial charge in [0.25, 0.3) is 5.91 Å². The summed E-state index contributed by atoms with van der Waals surface area (Å²) in [4.78, 5) is 25.9. The van der Waals surface area contributed by atoms with Crippen molar-refractivity contribution in [1.82, 2.24) is 4.90 Å². The number of primary amides is 1. The molecule has 0 radical (unpaired) electrons. The number of carbonyl (C=O) groups is 2. The predicted molar refractivity (Wildman–Crippen MR) is 97.0 cm³/mol. The summed E-state index contributed by atoms with van der Waals surface area (Å²) in [6.07, 6.45) is 1.99. The molecule has 0 spiro atoms. The van der Waals surface area contributed by atoms with Crippen LogP contribution in [0.4, 0.5) is 0 Å². The third kappa shape index (κ3) is 3.79. The highest BCUT2D eigenvalue weighted by Crippen LogP contribution is 2.32. The minimum Gasteiger partial charge on any atom is -0.366 e. The fraction of sp³-hybridized carbons (Fsp3) is 0.222. The van der Waals surface area contributed by atoms with Crippen LogP contribution in [0.5, 0.6) is 0 Å². The van der Waals surface area contributed by atoms with E-state index < -0.39 is 5.91 Å². The van der Waals surface area contributed by atoms with Crippen LogP contribution in [-0.2, 0) is 6.54 Å². The summed E-state index contributed by atoms with van der Waals surface area (Å²) in [7, 11) is 0. The van der Waals surface area contributed by atoms with E-state index in [2.05, 4.69) is 15.9 Å². The number of nitrogens with two attached hydrogens (primary N) is 1. The first kappa shape index (κ1) is 17.0. The fourth-order valence-electron chi connectivity index (χ4n) is 2.54. The Labute approximate surface area is 153 Å². The minimum atomic E-state index is -0.461. The monoisotopic (exact) mass is 406 g/mol. The van der Waals surface area contributed by atoms with Gasteiger partial charge in [-0.2, -0.15) is 0 Å². The molecule has 0 atom stereocenters. The molecule has 1 saturated carbocycles. The molecular weight excluding hydrogens is 392 g/mol. The van der Waals surface area contributed by atoms with E-state index in [0.717, 1.165) is 22.9 Å². The van der Waals surface area contributed by atoms with Gasteiger partial charge < -0.3 is 10.6 Å². The van der Waals surface area contributed by atoms with Gasteiger partial charge in [0.15, 0.2) is 0 Å². The smallest absolute Gasteiger partial charge is 0.255 e. The van der Waals surface area contributed by atoms with Gasteiger partial charge in [0.1, 0.15) is 0 Å². The Morgan fingerprint density at radius 1 is 1.17 bits per heavy atom. The normalized spacial score (nSPS) is 13.6. The van der Waals surface area contributed by atoms with Crippen LogP contribution in [0.1, 0.15) is 39.1 Å². The van der Waals surface area contributed by atoms with Crippen LogP contribution in [0.25, 0.3) is 0 Å². The first-order valence-electron chi connectivity index (χ1n) is 7.60. The minimum absolute atomic E-state index is 0.0808. The second kappa shape index (κ2) is 6.95. The van der Waals surface area contributed by atoms with Crippen LogP contribution in [-0.4, -0.2) is 22.8 Å². The summed E-state index contributed by atoms with van der Waals surface area (Å²) < 4.78 is 0.816. The first-order chi connectivity index (χ1) is 11.5. The molecule has 2 N–H and O–H groups in total. The van der Waals surface area contributed by atoms with Gasteiger partial charge in [0, 0.05) is 22.6 Å². The molecule has 2 aromatic carbocycles. The summed E-state index contributed by atoms with van der Waals surface area (Å²) in [6.45, 7) is 0.478. The zero-order chi connectivity index (χ0) is 17.3. The topological polar surface area (TPSA) is 63.4 Å². The Morgan fingerprint density at radius 2 is 1.83 bits per heavy atom. The van der Waals surface area contributed by atoms with Crippen molar-refractivity contribution in [3.05, 3.63) is 68.7 Å². The van der Waals surface area contributed by atoms with E-state index >= 15 is 0 Å². The molecule has 0 heterocycles. The lowest BCUT2D eigenvalue weighted by Crippen LogP contribution is -2.32. The van der Waals surface area contributed by atoms with Crippen LogP contribution < -0.4 is 5.73 Å². The third-order valence-electron chi connectivity index (χ3n) is 4.00. The quantitative estimate of drug-likeness (QED) is 0.814. The highest BCUT2D eigenvalue weighted by Gasteiger charge is 2.33. The molecule has 4 nitrogen and oxygen atoms in total. The predicted octanol–water partition coefficient (Wildman–Crippen LogP) is 4.01. The number of carbonyl (C=O) groups excluding carboxylic acids is 2. The SMILES string of the molecule is NC(=O)c1ccc(CN(C(=O)c2cc(Br)ccc2Cl)C2CC2)cc1. The van der Waals surface area contributed by atoms with Crippen molar-refractivity contribution < 1.29 is 9.59 Å². The molecule has 2 aromatic rings. The Morgan fingerprint density at radius 3 is 2.42 bits per heavy atom. The second-order valence-corrected chi connectivity index (χ2v) is 7.17. The van der Waals surface area contributed by atoms with Crippen molar-refractivity contribution >= 4 is 39.3 Å². The van der Waals surface area contributed by atoms with Crippen molar-refractivity contribution in [3.8, 4) is 0 Å². The van der Waals surface area contributed by atoms with Gasteiger partial charge >= 0.3 is 0 Å². The van der Waals surface area contributed by atoms with Crippen LogP contribution in [0, 0.1) is 0 Å². The molecule has 0 aliphatic heterocycles. The molecule has 6 heteroatoms. The maximum Gasteiger partial charge on any atom is 0.255 e. The Bertz CT molecular complexity index is 788. The Hall–Kier alpha value is -1.85. The first-order valence-corrected chi connectivity index (χ1v) is 8.77. The van der Waals surface area contributed by atoms with Gasteiger partial charge in [-0.25, -0.2) is 0 Å². The summed E-state index contributed by atoms with van der Waals surface area (Å²) in [5.74, 6) is -0.541. The number of hydrogen-bond acceptors (Lipinski definition) is 2. The van der Waals surface area contributed by atoms with Crippen molar-refractivity contribution in [2.75, 3.05) is 0 Å². The van der Waals surface area contributed by atoms with Gasteiger partial charge in [-0.05, 0) is 48.7 Å². The van der Waals surface area contributed by atoms with E-state index in [1.54, 1.807) is 24.3 Å². The molecular formula is C18H16BrClN2O2. The van der Waals surface area contributed by atoms with E-state index in [0.29, 0.717) is 22.7 Å². The van der Waals surface area contributed by atoms with Gasteiger partial charge in [-0.15, -0.1) is 0 Å². The van der Waals surface area contributed by atoms with E-state index in [9.17, 15) is 9.59 Å². The van der Waals surface area contributed by atoms with Gasteiger partial charge in [-0.3, -0.25) is 9.59 Å². The Balaban J connectivity index is 1.83. The zero-order valence-corrected chi connectivity index (χ0v) is 15.2. The highest BCUT2D eigenvalue weighted by molar-refractivity contribution is 9.10. The molecule has 1 fully saturated rings. The van der Waals surface area contributed by atoms with Crippen molar-refractivity contribution in [3.63, 3.8) is 0 Å². The number of rotatable bonds is 5. The van der Waals surface area contributed by atoms with Crippen LogP contribution >= 0.6 is 27.5 Å². The molecule has 0 aromatic heterocycles.